The second kappa shape index (κ2) is 9.45. The molecule has 0 N–H and O–H groups in total. The van der Waals surface area contributed by atoms with Crippen LogP contribution in [0.5, 0.6) is 0 Å². The zero-order valence-electron chi connectivity index (χ0n) is 19.5. The summed E-state index contributed by atoms with van der Waals surface area (Å²) in [5.74, 6) is 1.51. The minimum Gasteiger partial charge on any atom is -0.344 e. The van der Waals surface area contributed by atoms with E-state index < -0.39 is 0 Å². The number of hydrogen-bond acceptors (Lipinski definition) is 2. The SMILES string of the molecule is CN(c1ccccc1)c1cc[n+](C[C@@H]2C[C@H]2C[n+]2ccc(N(C)c3ccccc3)cc2)cc1. The number of hydrogen-bond donors (Lipinski definition) is 0. The average molecular weight is 437 g/mol. The van der Waals surface area contributed by atoms with E-state index in [-0.39, 0.29) is 0 Å². The molecular formula is C29H32N4+2. The van der Waals surface area contributed by atoms with E-state index in [9.17, 15) is 0 Å². The minimum atomic E-state index is 0.756. The lowest BCUT2D eigenvalue weighted by atomic mass is 10.2. The largest absolute Gasteiger partial charge is 0.344 e. The van der Waals surface area contributed by atoms with Crippen molar-refractivity contribution in [2.75, 3.05) is 23.9 Å². The molecular weight excluding hydrogens is 404 g/mol. The number of para-hydroxylation sites is 2. The standard InChI is InChI=1S/C29H32N4/c1-30(26-9-5-3-6-10-26)28-13-17-32(18-14-28)22-24-21-25(24)23-33-19-15-29(16-20-33)31(2)27-11-7-4-8-12-27/h3-20,24-25H,21-23H2,1-2H3/q+2/t24-,25-/m0/s1. The van der Waals surface area contributed by atoms with Gasteiger partial charge in [0.1, 0.15) is 0 Å². The van der Waals surface area contributed by atoms with Crippen LogP contribution >= 0.6 is 0 Å². The Bertz CT molecular complexity index is 1060. The number of pyridine rings is 2. The van der Waals surface area contributed by atoms with Gasteiger partial charge in [-0.15, -0.1) is 0 Å². The summed E-state index contributed by atoms with van der Waals surface area (Å²) >= 11 is 0. The fraction of sp³-hybridized carbons (Fsp3) is 0.241. The van der Waals surface area contributed by atoms with Crippen molar-refractivity contribution in [1.29, 1.82) is 0 Å². The van der Waals surface area contributed by atoms with Crippen LogP contribution < -0.4 is 18.9 Å². The van der Waals surface area contributed by atoms with Crippen LogP contribution in [0.3, 0.4) is 0 Å². The van der Waals surface area contributed by atoms with Crippen molar-refractivity contribution in [2.45, 2.75) is 19.5 Å². The van der Waals surface area contributed by atoms with Crippen LogP contribution in [0.15, 0.2) is 110 Å². The zero-order chi connectivity index (χ0) is 22.6. The summed E-state index contributed by atoms with van der Waals surface area (Å²) in [6.45, 7) is 2.19. The van der Waals surface area contributed by atoms with Crippen LogP contribution in [0.25, 0.3) is 0 Å². The Balaban J connectivity index is 1.14. The highest BCUT2D eigenvalue weighted by Crippen LogP contribution is 2.39. The maximum absolute atomic E-state index is 2.33. The Kier molecular flexibility index (Phi) is 6.07. The van der Waals surface area contributed by atoms with Crippen molar-refractivity contribution in [3.8, 4) is 0 Å². The van der Waals surface area contributed by atoms with Crippen molar-refractivity contribution in [2.24, 2.45) is 11.8 Å². The first-order valence-electron chi connectivity index (χ1n) is 11.7. The highest BCUT2D eigenvalue weighted by atomic mass is 15.1. The Morgan fingerprint density at radius 2 is 0.879 bits per heavy atom. The lowest BCUT2D eigenvalue weighted by Gasteiger charge is -2.18. The first kappa shape index (κ1) is 21.2. The lowest BCUT2D eigenvalue weighted by Crippen LogP contribution is -2.37. The number of rotatable bonds is 8. The number of aromatic nitrogens is 2. The predicted molar refractivity (Wildman–Crippen MR) is 134 cm³/mol. The van der Waals surface area contributed by atoms with Crippen LogP contribution in [0.1, 0.15) is 6.42 Å². The molecule has 0 bridgehead atoms. The highest BCUT2D eigenvalue weighted by Gasteiger charge is 2.42. The van der Waals surface area contributed by atoms with E-state index in [1.165, 1.54) is 29.2 Å². The smallest absolute Gasteiger partial charge is 0.170 e. The van der Waals surface area contributed by atoms with Crippen molar-refractivity contribution in [3.05, 3.63) is 110 Å². The maximum atomic E-state index is 2.33. The minimum absolute atomic E-state index is 0.756. The molecule has 4 aromatic rings. The Morgan fingerprint density at radius 1 is 0.545 bits per heavy atom. The van der Waals surface area contributed by atoms with Gasteiger partial charge in [0.2, 0.25) is 0 Å². The van der Waals surface area contributed by atoms with Gasteiger partial charge in [-0.25, -0.2) is 9.13 Å². The quantitative estimate of drug-likeness (QED) is 0.355. The molecule has 2 atom stereocenters. The number of nitrogens with zero attached hydrogens (tertiary/aromatic N) is 4. The van der Waals surface area contributed by atoms with Crippen molar-refractivity contribution in [3.63, 3.8) is 0 Å². The molecule has 33 heavy (non-hydrogen) atoms. The van der Waals surface area contributed by atoms with Gasteiger partial charge in [0, 0.05) is 61.6 Å². The second-order valence-electron chi connectivity index (χ2n) is 9.05. The molecule has 0 amide bonds. The van der Waals surface area contributed by atoms with E-state index >= 15 is 0 Å². The predicted octanol–water partition coefficient (Wildman–Crippen LogP) is 5.13. The van der Waals surface area contributed by atoms with E-state index in [4.69, 9.17) is 0 Å². The molecule has 0 saturated heterocycles. The molecule has 0 aliphatic heterocycles. The van der Waals surface area contributed by atoms with E-state index in [2.05, 4.69) is 143 Å². The molecule has 0 unspecified atom stereocenters. The van der Waals surface area contributed by atoms with Crippen LogP contribution in [-0.2, 0) is 13.1 Å². The summed E-state index contributed by atoms with van der Waals surface area (Å²) in [5, 5.41) is 0. The van der Waals surface area contributed by atoms with Crippen LogP contribution in [0, 0.1) is 11.8 Å². The van der Waals surface area contributed by atoms with E-state index in [1.807, 2.05) is 0 Å². The normalized spacial score (nSPS) is 16.9. The number of benzene rings is 2. The van der Waals surface area contributed by atoms with Crippen LogP contribution in [0.2, 0.25) is 0 Å². The van der Waals surface area contributed by atoms with Crippen molar-refractivity contribution >= 4 is 22.7 Å². The van der Waals surface area contributed by atoms with Gasteiger partial charge in [-0.05, 0) is 30.7 Å². The third-order valence-electron chi connectivity index (χ3n) is 6.77. The van der Waals surface area contributed by atoms with Crippen molar-refractivity contribution in [1.82, 2.24) is 0 Å². The van der Waals surface area contributed by atoms with E-state index in [0.717, 1.165) is 24.9 Å². The summed E-state index contributed by atoms with van der Waals surface area (Å²) in [4.78, 5) is 4.44. The molecule has 0 radical (unpaired) electrons. The molecule has 2 aromatic carbocycles. The second-order valence-corrected chi connectivity index (χ2v) is 9.05. The fourth-order valence-electron chi connectivity index (χ4n) is 4.49. The third kappa shape index (κ3) is 5.06. The maximum Gasteiger partial charge on any atom is 0.170 e. The summed E-state index contributed by atoms with van der Waals surface area (Å²) in [6.07, 6.45) is 10.2. The van der Waals surface area contributed by atoms with Gasteiger partial charge in [0.15, 0.2) is 37.9 Å². The third-order valence-corrected chi connectivity index (χ3v) is 6.77. The Morgan fingerprint density at radius 3 is 1.24 bits per heavy atom. The molecule has 2 heterocycles. The van der Waals surface area contributed by atoms with Crippen LogP contribution in [-0.4, -0.2) is 14.1 Å². The Labute approximate surface area is 197 Å². The van der Waals surface area contributed by atoms with Gasteiger partial charge >= 0.3 is 0 Å². The monoisotopic (exact) mass is 436 g/mol. The lowest BCUT2D eigenvalue weighted by molar-refractivity contribution is -0.709. The number of anilines is 4. The summed E-state index contributed by atoms with van der Waals surface area (Å²) in [5.41, 5.74) is 4.83. The molecule has 1 aliphatic carbocycles. The van der Waals surface area contributed by atoms with Gasteiger partial charge in [-0.2, -0.15) is 0 Å². The summed E-state index contributed by atoms with van der Waals surface area (Å²) in [7, 11) is 4.23. The first-order valence-corrected chi connectivity index (χ1v) is 11.7. The van der Waals surface area contributed by atoms with Gasteiger partial charge in [-0.1, -0.05) is 36.4 Å². The van der Waals surface area contributed by atoms with E-state index in [1.54, 1.807) is 0 Å². The summed E-state index contributed by atoms with van der Waals surface area (Å²) < 4.78 is 4.66. The fourth-order valence-corrected chi connectivity index (χ4v) is 4.49. The topological polar surface area (TPSA) is 14.2 Å². The van der Waals surface area contributed by atoms with Gasteiger partial charge < -0.3 is 9.80 Å². The average Bonchev–Trinajstić information content (AvgIpc) is 3.62. The molecule has 2 aromatic heterocycles. The summed E-state index contributed by atoms with van der Waals surface area (Å²) in [6, 6.07) is 29.8. The molecule has 0 spiro atoms. The Hall–Kier alpha value is -3.66. The molecule has 166 valence electrons. The molecule has 4 nitrogen and oxygen atoms in total. The molecule has 1 saturated carbocycles. The molecule has 1 fully saturated rings. The zero-order valence-corrected chi connectivity index (χ0v) is 19.5. The van der Waals surface area contributed by atoms with Gasteiger partial charge in [0.25, 0.3) is 0 Å². The van der Waals surface area contributed by atoms with E-state index in [0.29, 0.717) is 0 Å². The van der Waals surface area contributed by atoms with Gasteiger partial charge in [-0.3, -0.25) is 0 Å². The molecule has 4 heteroatoms. The highest BCUT2D eigenvalue weighted by molar-refractivity contribution is 5.62. The first-order chi connectivity index (χ1) is 16.2. The molecule has 1 aliphatic rings. The molecule has 5 rings (SSSR count). The van der Waals surface area contributed by atoms with Gasteiger partial charge in [0.05, 0.1) is 11.4 Å². The van der Waals surface area contributed by atoms with Crippen molar-refractivity contribution < 1.29 is 9.13 Å². The van der Waals surface area contributed by atoms with Crippen LogP contribution in [0.4, 0.5) is 22.7 Å².